The lowest BCUT2D eigenvalue weighted by Crippen LogP contribution is -2.16. The Morgan fingerprint density at radius 1 is 1.06 bits per heavy atom. The predicted octanol–water partition coefficient (Wildman–Crippen LogP) is 3.53. The highest BCUT2D eigenvalue weighted by Gasteiger charge is 2.09. The van der Waals surface area contributed by atoms with Gasteiger partial charge in [0.25, 0.3) is 0 Å². The van der Waals surface area contributed by atoms with Gasteiger partial charge in [-0.05, 0) is 60.3 Å². The Hall–Kier alpha value is -3.71. The van der Waals surface area contributed by atoms with Crippen molar-refractivity contribution in [2.75, 3.05) is 6.54 Å². The molecule has 2 N–H and O–H groups in total. The number of nitrogens with one attached hydrogen (secondary N) is 2. The number of nitrogens with zero attached hydrogens (tertiary/aromatic N) is 4. The number of aromatic nitrogens is 5. The zero-order chi connectivity index (χ0) is 21.2. The third kappa shape index (κ3) is 3.87. The highest BCUT2D eigenvalue weighted by atomic mass is 16.1. The molecule has 5 aromatic rings. The summed E-state index contributed by atoms with van der Waals surface area (Å²) in [6.45, 7) is 4.84. The molecule has 0 fully saturated rings. The second kappa shape index (κ2) is 8.20. The fourth-order valence-electron chi connectivity index (χ4n) is 3.99. The number of H-pyrrole nitrogens is 1. The standard InChI is InChI=1S/C24H24N6O/c1-17-13-23-27-28-24(31)30(23)22-8-7-20(14-21(17)22)19-5-3-18(4-6-19)15-25-9-2-11-29-12-10-26-16-29/h3-8,10,12-14,16,25H,2,9,11,15H2,1H3,(H,28,31). The number of benzene rings is 2. The zero-order valence-electron chi connectivity index (χ0n) is 17.4. The Labute approximate surface area is 179 Å². The summed E-state index contributed by atoms with van der Waals surface area (Å²) in [5, 5.41) is 11.2. The van der Waals surface area contributed by atoms with Crippen LogP contribution in [0.2, 0.25) is 0 Å². The molecule has 0 spiro atoms. The third-order valence-corrected chi connectivity index (χ3v) is 5.65. The molecule has 156 valence electrons. The summed E-state index contributed by atoms with van der Waals surface area (Å²) in [7, 11) is 0. The van der Waals surface area contributed by atoms with Crippen molar-refractivity contribution in [2.24, 2.45) is 0 Å². The van der Waals surface area contributed by atoms with Crippen LogP contribution in [0.4, 0.5) is 0 Å². The zero-order valence-corrected chi connectivity index (χ0v) is 17.4. The summed E-state index contributed by atoms with van der Waals surface area (Å²) < 4.78 is 3.71. The quantitative estimate of drug-likeness (QED) is 0.401. The van der Waals surface area contributed by atoms with Gasteiger partial charge in [-0.25, -0.2) is 19.3 Å². The lowest BCUT2D eigenvalue weighted by Gasteiger charge is -2.09. The number of pyridine rings is 1. The first-order valence-corrected chi connectivity index (χ1v) is 10.5. The van der Waals surface area contributed by atoms with Crippen molar-refractivity contribution in [3.05, 3.63) is 88.9 Å². The third-order valence-electron chi connectivity index (χ3n) is 5.65. The number of hydrogen-bond acceptors (Lipinski definition) is 4. The van der Waals surface area contributed by atoms with Crippen molar-refractivity contribution in [3.63, 3.8) is 0 Å². The molecule has 0 unspecified atom stereocenters. The molecule has 0 bridgehead atoms. The molecule has 3 heterocycles. The van der Waals surface area contributed by atoms with E-state index in [0.29, 0.717) is 5.65 Å². The number of rotatable bonds is 7. The summed E-state index contributed by atoms with van der Waals surface area (Å²) in [5.74, 6) is 0. The van der Waals surface area contributed by atoms with Gasteiger partial charge in [-0.15, -0.1) is 0 Å². The van der Waals surface area contributed by atoms with E-state index in [-0.39, 0.29) is 5.69 Å². The van der Waals surface area contributed by atoms with Gasteiger partial charge in [-0.2, -0.15) is 5.10 Å². The van der Waals surface area contributed by atoms with Gasteiger partial charge < -0.3 is 9.88 Å². The van der Waals surface area contributed by atoms with E-state index in [4.69, 9.17) is 0 Å². The molecule has 3 aromatic heterocycles. The molecule has 0 aliphatic carbocycles. The fraction of sp³-hybridized carbons (Fsp3) is 0.208. The Morgan fingerprint density at radius 3 is 2.71 bits per heavy atom. The molecule has 7 nitrogen and oxygen atoms in total. The molecule has 0 saturated heterocycles. The monoisotopic (exact) mass is 412 g/mol. The maximum Gasteiger partial charge on any atom is 0.348 e. The normalized spacial score (nSPS) is 11.5. The smallest absolute Gasteiger partial charge is 0.337 e. The van der Waals surface area contributed by atoms with E-state index in [1.165, 1.54) is 5.56 Å². The van der Waals surface area contributed by atoms with Gasteiger partial charge in [0.15, 0.2) is 5.65 Å². The van der Waals surface area contributed by atoms with E-state index >= 15 is 0 Å². The van der Waals surface area contributed by atoms with Gasteiger partial charge >= 0.3 is 5.69 Å². The van der Waals surface area contributed by atoms with E-state index in [1.54, 1.807) is 4.40 Å². The molecule has 0 radical (unpaired) electrons. The largest absolute Gasteiger partial charge is 0.348 e. The van der Waals surface area contributed by atoms with Crippen molar-refractivity contribution >= 4 is 16.6 Å². The van der Waals surface area contributed by atoms with Crippen molar-refractivity contribution in [2.45, 2.75) is 26.4 Å². The van der Waals surface area contributed by atoms with Gasteiger partial charge in [-0.1, -0.05) is 30.3 Å². The van der Waals surface area contributed by atoms with E-state index in [2.05, 4.69) is 61.5 Å². The van der Waals surface area contributed by atoms with Crippen LogP contribution in [-0.2, 0) is 13.1 Å². The maximum absolute atomic E-state index is 12.1. The fourth-order valence-corrected chi connectivity index (χ4v) is 3.99. The molecule has 2 aromatic carbocycles. The van der Waals surface area contributed by atoms with Crippen LogP contribution in [0.25, 0.3) is 27.7 Å². The minimum atomic E-state index is -0.213. The Bertz CT molecular complexity index is 1380. The molecule has 31 heavy (non-hydrogen) atoms. The molecule has 0 amide bonds. The van der Waals surface area contributed by atoms with Gasteiger partial charge in [0.2, 0.25) is 0 Å². The molecule has 0 saturated carbocycles. The maximum atomic E-state index is 12.1. The van der Waals surface area contributed by atoms with Crippen LogP contribution >= 0.6 is 0 Å². The summed E-state index contributed by atoms with van der Waals surface area (Å²) >= 11 is 0. The van der Waals surface area contributed by atoms with Crippen LogP contribution in [-0.4, -0.2) is 30.7 Å². The molecular weight excluding hydrogens is 388 g/mol. The van der Waals surface area contributed by atoms with E-state index < -0.39 is 0 Å². The van der Waals surface area contributed by atoms with Gasteiger partial charge in [0.05, 0.1) is 11.8 Å². The number of aromatic amines is 1. The minimum absolute atomic E-state index is 0.213. The van der Waals surface area contributed by atoms with E-state index in [1.807, 2.05) is 37.8 Å². The highest BCUT2D eigenvalue weighted by Crippen LogP contribution is 2.27. The van der Waals surface area contributed by atoms with Crippen molar-refractivity contribution in [1.82, 2.24) is 29.5 Å². The van der Waals surface area contributed by atoms with Crippen molar-refractivity contribution < 1.29 is 0 Å². The Balaban J connectivity index is 1.29. The second-order valence-electron chi connectivity index (χ2n) is 7.81. The topological polar surface area (TPSA) is 80.0 Å². The predicted molar refractivity (Wildman–Crippen MR) is 122 cm³/mol. The summed E-state index contributed by atoms with van der Waals surface area (Å²) in [4.78, 5) is 16.2. The highest BCUT2D eigenvalue weighted by molar-refractivity contribution is 5.89. The van der Waals surface area contributed by atoms with E-state index in [0.717, 1.165) is 53.6 Å². The van der Waals surface area contributed by atoms with Gasteiger partial charge in [0.1, 0.15) is 0 Å². The van der Waals surface area contributed by atoms with E-state index in [9.17, 15) is 4.79 Å². The summed E-state index contributed by atoms with van der Waals surface area (Å²) in [5.41, 5.74) is 5.94. The summed E-state index contributed by atoms with van der Waals surface area (Å²) in [6, 6.07) is 16.8. The Morgan fingerprint density at radius 2 is 1.90 bits per heavy atom. The average molecular weight is 412 g/mol. The van der Waals surface area contributed by atoms with Gasteiger partial charge in [0, 0.05) is 30.9 Å². The lowest BCUT2D eigenvalue weighted by molar-refractivity contribution is 0.581. The van der Waals surface area contributed by atoms with Crippen LogP contribution in [0.5, 0.6) is 0 Å². The molecule has 0 atom stereocenters. The van der Waals surface area contributed by atoms with Gasteiger partial charge in [-0.3, -0.25) is 0 Å². The van der Waals surface area contributed by atoms with Crippen molar-refractivity contribution in [1.29, 1.82) is 0 Å². The average Bonchev–Trinajstić information content (AvgIpc) is 3.44. The number of hydrogen-bond donors (Lipinski definition) is 2. The SMILES string of the molecule is Cc1cc2n[nH]c(=O)n2c2ccc(-c3ccc(CNCCCn4ccnc4)cc3)cc12. The first-order valence-electron chi connectivity index (χ1n) is 10.5. The van der Waals surface area contributed by atoms with Crippen LogP contribution < -0.4 is 11.0 Å². The second-order valence-corrected chi connectivity index (χ2v) is 7.81. The van der Waals surface area contributed by atoms with Crippen molar-refractivity contribution in [3.8, 4) is 11.1 Å². The molecule has 5 rings (SSSR count). The van der Waals surface area contributed by atoms with Crippen LogP contribution in [0.3, 0.4) is 0 Å². The number of aryl methyl sites for hydroxylation is 2. The first kappa shape index (κ1) is 19.3. The van der Waals surface area contributed by atoms with Crippen LogP contribution in [0.15, 0.2) is 72.0 Å². The molecule has 7 heteroatoms. The van der Waals surface area contributed by atoms with Crippen LogP contribution in [0, 0.1) is 6.92 Å². The van der Waals surface area contributed by atoms with Crippen LogP contribution in [0.1, 0.15) is 17.5 Å². The summed E-state index contributed by atoms with van der Waals surface area (Å²) in [6.07, 6.45) is 6.72. The number of imidazole rings is 1. The molecule has 0 aliphatic rings. The minimum Gasteiger partial charge on any atom is -0.337 e. The molecular formula is C24H24N6O. The first-order chi connectivity index (χ1) is 15.2. The Kier molecular flexibility index (Phi) is 5.09. The molecule has 0 aliphatic heterocycles. The lowest BCUT2D eigenvalue weighted by atomic mass is 10.00. The number of fused-ring (bicyclic) bond motifs is 3.